The molecule has 0 aliphatic carbocycles. The Bertz CT molecular complexity index is 3830. The smallest absolute Gasteiger partial charge is 0.192 e. The van der Waals surface area contributed by atoms with Gasteiger partial charge in [-0.3, -0.25) is 0 Å². The van der Waals surface area contributed by atoms with Crippen molar-refractivity contribution in [3.05, 3.63) is 192 Å². The van der Waals surface area contributed by atoms with Gasteiger partial charge in [-0.2, -0.15) is 18.4 Å². The molecule has 0 saturated carbocycles. The summed E-state index contributed by atoms with van der Waals surface area (Å²) >= 11 is 0. The molecule has 12 aromatic rings. The number of alkyl halides is 3. The third kappa shape index (κ3) is 5.03. The van der Waals surface area contributed by atoms with Crippen molar-refractivity contribution in [1.29, 1.82) is 5.26 Å². The lowest BCUT2D eigenvalue weighted by Gasteiger charge is -2.19. The first-order valence-electron chi connectivity index (χ1n) is 20.8. The van der Waals surface area contributed by atoms with Crippen LogP contribution in [0.3, 0.4) is 0 Å². The molecule has 0 aromatic heterocycles. The molecule has 0 fully saturated rings. The average Bonchev–Trinajstić information content (AvgIpc) is 3.80. The van der Waals surface area contributed by atoms with Gasteiger partial charge in [0.1, 0.15) is 0 Å². The first-order valence-corrected chi connectivity index (χ1v) is 20.8. The number of nitriles is 1. The van der Waals surface area contributed by atoms with E-state index < -0.39 is 11.7 Å². The molecule has 0 radical (unpaired) electrons. The van der Waals surface area contributed by atoms with E-state index in [-0.39, 0.29) is 11.1 Å². The Labute approximate surface area is 355 Å². The summed E-state index contributed by atoms with van der Waals surface area (Å²) in [5, 5.41) is 26.4. The van der Waals surface area contributed by atoms with Crippen LogP contribution in [0, 0.1) is 25.2 Å². The van der Waals surface area contributed by atoms with Crippen molar-refractivity contribution in [1.82, 2.24) is 0 Å². The molecule has 1 nitrogen and oxygen atoms in total. The molecule has 0 heterocycles. The van der Waals surface area contributed by atoms with Crippen molar-refractivity contribution < 1.29 is 13.2 Å². The summed E-state index contributed by atoms with van der Waals surface area (Å²) in [7, 11) is 0. The van der Waals surface area contributed by atoms with Gasteiger partial charge in [0.05, 0.1) is 17.2 Å². The number of aryl methyl sites for hydroxylation is 2. The van der Waals surface area contributed by atoms with E-state index in [0.29, 0.717) is 5.56 Å². The fourth-order valence-corrected chi connectivity index (χ4v) is 10.9. The van der Waals surface area contributed by atoms with Crippen LogP contribution in [-0.4, -0.2) is 0 Å². The van der Waals surface area contributed by atoms with Crippen molar-refractivity contribution in [2.24, 2.45) is 0 Å². The van der Waals surface area contributed by atoms with E-state index in [1.807, 2.05) is 32.0 Å². The fourth-order valence-electron chi connectivity index (χ4n) is 10.9. The molecule has 0 aliphatic heterocycles. The average molecular weight is 802 g/mol. The van der Waals surface area contributed by atoms with Crippen LogP contribution in [0.2, 0.25) is 0 Å². The van der Waals surface area contributed by atoms with Crippen LogP contribution in [0.5, 0.6) is 0 Å². The Morgan fingerprint density at radius 2 is 0.887 bits per heavy atom. The number of rotatable bonds is 4. The molecule has 62 heavy (non-hydrogen) atoms. The normalized spacial score (nSPS) is 12.3. The SMILES string of the molecule is Cc1cc(-c2ccc(C#N)cc2C(F)(F)F)cc(C)c1-c1ccc2c3c(-c4ccccc4)c4c(cc5c6ccccc6c6cccc4c65)c(-c4ccccc4)c3c3cccc1c32. The Kier molecular flexibility index (Phi) is 7.65. The number of halogens is 3. The number of nitrogens with zero attached hydrogens (tertiary/aromatic N) is 1. The minimum atomic E-state index is -4.62. The molecule has 0 saturated heterocycles. The Balaban J connectivity index is 1.22. The maximum Gasteiger partial charge on any atom is 0.417 e. The van der Waals surface area contributed by atoms with Crippen molar-refractivity contribution in [2.75, 3.05) is 0 Å². The second-order valence-electron chi connectivity index (χ2n) is 16.6. The second-order valence-corrected chi connectivity index (χ2v) is 16.6. The van der Waals surface area contributed by atoms with Gasteiger partial charge in [-0.25, -0.2) is 0 Å². The van der Waals surface area contributed by atoms with Gasteiger partial charge in [0, 0.05) is 0 Å². The van der Waals surface area contributed by atoms with Crippen molar-refractivity contribution in [3.63, 3.8) is 0 Å². The van der Waals surface area contributed by atoms with Crippen LogP contribution in [0.1, 0.15) is 22.3 Å². The highest BCUT2D eigenvalue weighted by Gasteiger charge is 2.34. The molecule has 12 aromatic carbocycles. The highest BCUT2D eigenvalue weighted by Crippen LogP contribution is 2.55. The molecule has 0 N–H and O–H groups in total. The number of fused-ring (bicyclic) bond motifs is 8. The van der Waals surface area contributed by atoms with E-state index in [0.717, 1.165) is 55.6 Å². The maximum atomic E-state index is 14.4. The molecule has 0 amide bonds. The first kappa shape index (κ1) is 36.1. The van der Waals surface area contributed by atoms with E-state index in [9.17, 15) is 18.4 Å². The highest BCUT2D eigenvalue weighted by atomic mass is 19.4. The predicted octanol–water partition coefficient (Wildman–Crippen LogP) is 16.8. The highest BCUT2D eigenvalue weighted by molar-refractivity contribution is 6.45. The van der Waals surface area contributed by atoms with Gasteiger partial charge < -0.3 is 0 Å². The van der Waals surface area contributed by atoms with Crippen molar-refractivity contribution in [2.45, 2.75) is 20.0 Å². The summed E-state index contributed by atoms with van der Waals surface area (Å²) in [6.45, 7) is 3.96. The molecular formula is C58H34F3N. The van der Waals surface area contributed by atoms with E-state index in [2.05, 4.69) is 140 Å². The van der Waals surface area contributed by atoms with Crippen LogP contribution >= 0.6 is 0 Å². The second kappa shape index (κ2) is 13.1. The summed E-state index contributed by atoms with van der Waals surface area (Å²) in [6.07, 6.45) is -4.62. The van der Waals surface area contributed by atoms with Crippen LogP contribution in [0.15, 0.2) is 170 Å². The predicted molar refractivity (Wildman–Crippen MR) is 252 cm³/mol. The Morgan fingerprint density at radius 1 is 0.371 bits per heavy atom. The lowest BCUT2D eigenvalue weighted by atomic mass is 9.84. The van der Waals surface area contributed by atoms with Gasteiger partial charge in [0.25, 0.3) is 0 Å². The van der Waals surface area contributed by atoms with E-state index in [1.54, 1.807) is 0 Å². The van der Waals surface area contributed by atoms with Crippen molar-refractivity contribution >= 4 is 75.4 Å². The van der Waals surface area contributed by atoms with Gasteiger partial charge >= 0.3 is 6.18 Å². The number of benzene rings is 10. The molecule has 292 valence electrons. The molecule has 0 atom stereocenters. The Hall–Kier alpha value is -7.74. The maximum absolute atomic E-state index is 14.4. The van der Waals surface area contributed by atoms with Gasteiger partial charge in [0.2, 0.25) is 0 Å². The third-order valence-corrected chi connectivity index (χ3v) is 13.2. The zero-order valence-electron chi connectivity index (χ0n) is 33.7. The summed E-state index contributed by atoms with van der Waals surface area (Å²) < 4.78 is 43.2. The quantitative estimate of drug-likeness (QED) is 0.163. The molecule has 0 aliphatic rings. The number of hydrogen-bond donors (Lipinski definition) is 0. The van der Waals surface area contributed by atoms with E-state index >= 15 is 0 Å². The van der Waals surface area contributed by atoms with Gasteiger partial charge in [-0.05, 0) is 163 Å². The van der Waals surface area contributed by atoms with Gasteiger partial charge in [0.15, 0.2) is 0 Å². The zero-order valence-corrected chi connectivity index (χ0v) is 33.7. The fraction of sp³-hybridized carbons (Fsp3) is 0.0517. The largest absolute Gasteiger partial charge is 0.417 e. The van der Waals surface area contributed by atoms with Gasteiger partial charge in [-0.1, -0.05) is 152 Å². The first-order chi connectivity index (χ1) is 30.2. The summed E-state index contributed by atoms with van der Waals surface area (Å²) in [5.41, 5.74) is 8.18. The molecule has 4 heteroatoms. The van der Waals surface area contributed by atoms with E-state index in [1.165, 1.54) is 82.5 Å². The Morgan fingerprint density at radius 3 is 1.55 bits per heavy atom. The van der Waals surface area contributed by atoms with Crippen molar-refractivity contribution in [3.8, 4) is 50.6 Å². The standard InChI is InChI=1S/C58H34F3N/c1-32-27-37(38-24-23-34(31-62)29-49(38)58(59,60)61)28-33(2)50(32)43-25-26-46-53-42(43)20-12-22-45(53)56-51(35-13-5-3-6-14-35)48-30-47-40-18-10-9-17-39(40)41-19-11-21-44(54(41)47)55(48)52(57(46)56)36-15-7-4-8-16-36/h3-30H,1-2H3. The van der Waals surface area contributed by atoms with Crippen LogP contribution in [0.4, 0.5) is 13.2 Å². The zero-order chi connectivity index (χ0) is 42.0. The van der Waals surface area contributed by atoms with Crippen LogP contribution in [-0.2, 0) is 6.18 Å². The van der Waals surface area contributed by atoms with E-state index in [4.69, 9.17) is 0 Å². The lowest BCUT2D eigenvalue weighted by molar-refractivity contribution is -0.137. The topological polar surface area (TPSA) is 23.8 Å². The molecular weight excluding hydrogens is 768 g/mol. The minimum absolute atomic E-state index is 0.0225. The summed E-state index contributed by atoms with van der Waals surface area (Å²) in [6, 6.07) is 60.0. The summed E-state index contributed by atoms with van der Waals surface area (Å²) in [4.78, 5) is 0. The molecule has 0 bridgehead atoms. The molecule has 12 rings (SSSR count). The molecule has 0 spiro atoms. The third-order valence-electron chi connectivity index (χ3n) is 13.2. The van der Waals surface area contributed by atoms with Gasteiger partial charge in [-0.15, -0.1) is 0 Å². The minimum Gasteiger partial charge on any atom is -0.192 e. The lowest BCUT2D eigenvalue weighted by Crippen LogP contribution is -2.08. The van der Waals surface area contributed by atoms with Crippen LogP contribution in [0.25, 0.3) is 120 Å². The van der Waals surface area contributed by atoms with Crippen LogP contribution < -0.4 is 0 Å². The summed E-state index contributed by atoms with van der Waals surface area (Å²) in [5.74, 6) is 0. The molecule has 0 unspecified atom stereocenters. The monoisotopic (exact) mass is 801 g/mol. The number of hydrogen-bond acceptors (Lipinski definition) is 1.